The number of nitrogens with two attached hydrogens (primary N) is 1. The van der Waals surface area contributed by atoms with Gasteiger partial charge >= 0.3 is 0 Å². The third kappa shape index (κ3) is 1.65. The summed E-state index contributed by atoms with van der Waals surface area (Å²) < 4.78 is 0. The first-order valence-corrected chi connectivity index (χ1v) is 5.28. The highest BCUT2D eigenvalue weighted by Crippen LogP contribution is 2.49. The number of nitrogens with zero attached hydrogens (tertiary/aromatic N) is 1. The van der Waals surface area contributed by atoms with Crippen LogP contribution in [0.3, 0.4) is 0 Å². The molecule has 0 atom stereocenters. The van der Waals surface area contributed by atoms with E-state index in [0.717, 1.165) is 18.4 Å². The van der Waals surface area contributed by atoms with Gasteiger partial charge in [0.15, 0.2) is 0 Å². The van der Waals surface area contributed by atoms with Crippen molar-refractivity contribution in [3.8, 4) is 0 Å². The summed E-state index contributed by atoms with van der Waals surface area (Å²) in [6.07, 6.45) is 1.76. The molecule has 1 aromatic rings. The van der Waals surface area contributed by atoms with Crippen LogP contribution in [0.25, 0.3) is 0 Å². The molecule has 1 amide bonds. The molecule has 0 saturated heterocycles. The molecule has 4 nitrogen and oxygen atoms in total. The molecule has 4 heteroatoms. The van der Waals surface area contributed by atoms with Gasteiger partial charge in [-0.05, 0) is 30.5 Å². The van der Waals surface area contributed by atoms with Crippen molar-refractivity contribution in [3.05, 3.63) is 29.8 Å². The number of hydroxylamine groups is 2. The summed E-state index contributed by atoms with van der Waals surface area (Å²) in [4.78, 5) is 17.1. The van der Waals surface area contributed by atoms with Crippen LogP contribution in [0.15, 0.2) is 24.3 Å². The minimum absolute atomic E-state index is 0.0137. The molecule has 0 unspecified atom stereocenters. The zero-order valence-electron chi connectivity index (χ0n) is 9.56. The summed E-state index contributed by atoms with van der Waals surface area (Å²) in [5.41, 5.74) is 6.99. The maximum absolute atomic E-state index is 12.1. The van der Waals surface area contributed by atoms with Crippen LogP contribution in [0.2, 0.25) is 0 Å². The van der Waals surface area contributed by atoms with E-state index in [-0.39, 0.29) is 11.3 Å². The molecule has 0 aliphatic heterocycles. The number of amides is 1. The number of benzene rings is 1. The molecule has 2 N–H and O–H groups in total. The molecule has 1 aliphatic carbocycles. The summed E-state index contributed by atoms with van der Waals surface area (Å²) in [5, 5.41) is 1.29. The van der Waals surface area contributed by atoms with Gasteiger partial charge < -0.3 is 5.73 Å². The zero-order valence-corrected chi connectivity index (χ0v) is 9.56. The number of likely N-dealkylation sites (N-methyl/N-ethyl adjacent to an activating group) is 1. The van der Waals surface area contributed by atoms with Gasteiger partial charge in [0.25, 0.3) is 5.91 Å². The molecule has 1 aliphatic rings. The van der Waals surface area contributed by atoms with Crippen LogP contribution in [0.4, 0.5) is 5.69 Å². The van der Waals surface area contributed by atoms with Crippen molar-refractivity contribution < 1.29 is 9.63 Å². The van der Waals surface area contributed by atoms with Gasteiger partial charge in [0.05, 0.1) is 12.5 Å². The Hall–Kier alpha value is -1.55. The van der Waals surface area contributed by atoms with Gasteiger partial charge in [0, 0.05) is 12.7 Å². The van der Waals surface area contributed by atoms with Crippen LogP contribution >= 0.6 is 0 Å². The van der Waals surface area contributed by atoms with Crippen molar-refractivity contribution in [1.82, 2.24) is 5.06 Å². The minimum Gasteiger partial charge on any atom is -0.399 e. The van der Waals surface area contributed by atoms with Gasteiger partial charge in [-0.25, -0.2) is 5.06 Å². The minimum atomic E-state index is -0.377. The Morgan fingerprint density at radius 2 is 1.94 bits per heavy atom. The van der Waals surface area contributed by atoms with Gasteiger partial charge in [-0.2, -0.15) is 0 Å². The van der Waals surface area contributed by atoms with Crippen LogP contribution in [-0.2, 0) is 15.0 Å². The topological polar surface area (TPSA) is 55.6 Å². The van der Waals surface area contributed by atoms with Crippen molar-refractivity contribution in [2.24, 2.45) is 0 Å². The van der Waals surface area contributed by atoms with Crippen molar-refractivity contribution in [2.45, 2.75) is 18.3 Å². The Kier molecular flexibility index (Phi) is 2.59. The molecule has 0 spiro atoms. The number of anilines is 1. The van der Waals surface area contributed by atoms with Gasteiger partial charge in [-0.1, -0.05) is 12.1 Å². The largest absolute Gasteiger partial charge is 0.399 e. The molecule has 0 radical (unpaired) electrons. The lowest BCUT2D eigenvalue weighted by Crippen LogP contribution is -2.35. The first kappa shape index (κ1) is 11.0. The zero-order chi connectivity index (χ0) is 11.8. The van der Waals surface area contributed by atoms with Crippen molar-refractivity contribution >= 4 is 11.6 Å². The molecule has 0 heterocycles. The van der Waals surface area contributed by atoms with Crippen LogP contribution in [0.5, 0.6) is 0 Å². The van der Waals surface area contributed by atoms with E-state index in [1.165, 1.54) is 12.2 Å². The van der Waals surface area contributed by atoms with Crippen molar-refractivity contribution in [1.29, 1.82) is 0 Å². The average Bonchev–Trinajstić information content (AvgIpc) is 3.09. The van der Waals surface area contributed by atoms with E-state index in [9.17, 15) is 4.79 Å². The number of nitrogen functional groups attached to an aromatic ring is 1. The smallest absolute Gasteiger partial charge is 0.256 e. The Bertz CT molecular complexity index is 396. The van der Waals surface area contributed by atoms with Crippen LogP contribution in [-0.4, -0.2) is 25.1 Å². The van der Waals surface area contributed by atoms with Gasteiger partial charge in [0.1, 0.15) is 0 Å². The first-order chi connectivity index (χ1) is 7.60. The average molecular weight is 220 g/mol. The third-order valence-electron chi connectivity index (χ3n) is 3.18. The molecule has 2 rings (SSSR count). The predicted molar refractivity (Wildman–Crippen MR) is 61.5 cm³/mol. The van der Waals surface area contributed by atoms with E-state index in [2.05, 4.69) is 0 Å². The maximum atomic E-state index is 12.1. The molecular weight excluding hydrogens is 204 g/mol. The van der Waals surface area contributed by atoms with E-state index in [0.29, 0.717) is 5.69 Å². The summed E-state index contributed by atoms with van der Waals surface area (Å²) in [7, 11) is 3.14. The summed E-state index contributed by atoms with van der Waals surface area (Å²) in [6, 6.07) is 7.50. The second-order valence-electron chi connectivity index (χ2n) is 4.19. The summed E-state index contributed by atoms with van der Waals surface area (Å²) in [5.74, 6) is 0.0137. The monoisotopic (exact) mass is 220 g/mol. The summed E-state index contributed by atoms with van der Waals surface area (Å²) in [6.45, 7) is 0. The second-order valence-corrected chi connectivity index (χ2v) is 4.19. The fourth-order valence-electron chi connectivity index (χ4n) is 1.94. The Labute approximate surface area is 94.9 Å². The fraction of sp³-hybridized carbons (Fsp3) is 0.417. The molecule has 0 aromatic heterocycles. The van der Waals surface area contributed by atoms with Gasteiger partial charge in [-0.15, -0.1) is 0 Å². The Balaban J connectivity index is 2.26. The quantitative estimate of drug-likeness (QED) is 0.617. The predicted octanol–water partition coefficient (Wildman–Crippen LogP) is 1.32. The van der Waals surface area contributed by atoms with Crippen molar-refractivity contribution in [2.75, 3.05) is 19.9 Å². The third-order valence-corrected chi connectivity index (χ3v) is 3.18. The van der Waals surface area contributed by atoms with Crippen LogP contribution in [0, 0.1) is 0 Å². The normalized spacial score (nSPS) is 16.9. The number of rotatable bonds is 3. The molecule has 1 aromatic carbocycles. The summed E-state index contributed by atoms with van der Waals surface area (Å²) >= 11 is 0. The lowest BCUT2D eigenvalue weighted by Gasteiger charge is -2.21. The van der Waals surface area contributed by atoms with E-state index in [4.69, 9.17) is 10.6 Å². The molecule has 1 fully saturated rings. The highest BCUT2D eigenvalue weighted by Gasteiger charge is 2.52. The highest BCUT2D eigenvalue weighted by atomic mass is 16.7. The molecule has 16 heavy (non-hydrogen) atoms. The fourth-order valence-corrected chi connectivity index (χ4v) is 1.94. The van der Waals surface area contributed by atoms with Crippen LogP contribution < -0.4 is 5.73 Å². The van der Waals surface area contributed by atoms with E-state index in [1.807, 2.05) is 24.3 Å². The molecule has 0 bridgehead atoms. The number of hydrogen-bond donors (Lipinski definition) is 1. The maximum Gasteiger partial charge on any atom is 0.256 e. The van der Waals surface area contributed by atoms with Gasteiger partial charge in [0.2, 0.25) is 0 Å². The SMILES string of the molecule is CON(C)C(=O)C1(c2ccc(N)cc2)CC1. The van der Waals surface area contributed by atoms with E-state index in [1.54, 1.807) is 7.05 Å². The molecule has 86 valence electrons. The molecular formula is C12H16N2O2. The Morgan fingerprint density at radius 3 is 2.38 bits per heavy atom. The number of carbonyl (C=O) groups excluding carboxylic acids is 1. The highest BCUT2D eigenvalue weighted by molar-refractivity contribution is 5.90. The number of hydrogen-bond acceptors (Lipinski definition) is 3. The first-order valence-electron chi connectivity index (χ1n) is 5.28. The van der Waals surface area contributed by atoms with Gasteiger partial charge in [-0.3, -0.25) is 9.63 Å². The Morgan fingerprint density at radius 1 is 1.38 bits per heavy atom. The second kappa shape index (κ2) is 3.79. The number of carbonyl (C=O) groups is 1. The van der Waals surface area contributed by atoms with Crippen molar-refractivity contribution in [3.63, 3.8) is 0 Å². The standard InChI is InChI=1S/C12H16N2O2/c1-14(16-2)11(15)12(7-8-12)9-3-5-10(13)6-4-9/h3-6H,7-8,13H2,1-2H3. The molecule has 1 saturated carbocycles. The van der Waals surface area contributed by atoms with E-state index >= 15 is 0 Å². The lowest BCUT2D eigenvalue weighted by molar-refractivity contribution is -0.171. The van der Waals surface area contributed by atoms with E-state index < -0.39 is 0 Å². The van der Waals surface area contributed by atoms with Crippen LogP contribution in [0.1, 0.15) is 18.4 Å². The lowest BCUT2D eigenvalue weighted by atomic mass is 9.95.